The van der Waals surface area contributed by atoms with Crippen LogP contribution in [-0.2, 0) is 5.75 Å². The molecular formula is C16H13FN2O3S. The van der Waals surface area contributed by atoms with Crippen molar-refractivity contribution in [3.05, 3.63) is 53.3 Å². The van der Waals surface area contributed by atoms with E-state index in [-0.39, 0.29) is 16.7 Å². The zero-order valence-corrected chi connectivity index (χ0v) is 13.0. The normalized spacial score (nSPS) is 10.9. The van der Waals surface area contributed by atoms with Crippen LogP contribution in [0.2, 0.25) is 0 Å². The van der Waals surface area contributed by atoms with Crippen LogP contribution in [0, 0.1) is 5.82 Å². The van der Waals surface area contributed by atoms with Gasteiger partial charge < -0.3 is 14.9 Å². The zero-order chi connectivity index (χ0) is 16.4. The summed E-state index contributed by atoms with van der Waals surface area (Å²) in [4.78, 5) is 15.6. The van der Waals surface area contributed by atoms with Gasteiger partial charge in [0, 0.05) is 11.8 Å². The summed E-state index contributed by atoms with van der Waals surface area (Å²) in [6.45, 7) is 0. The predicted molar refractivity (Wildman–Crippen MR) is 85.0 cm³/mol. The molecule has 0 aliphatic heterocycles. The fourth-order valence-corrected chi connectivity index (χ4v) is 2.88. The fourth-order valence-electron chi connectivity index (χ4n) is 2.09. The van der Waals surface area contributed by atoms with Crippen LogP contribution >= 0.6 is 11.8 Å². The molecule has 0 saturated heterocycles. The number of rotatable bonds is 5. The van der Waals surface area contributed by atoms with Gasteiger partial charge in [-0.3, -0.25) is 4.79 Å². The number of fused-ring (bicyclic) bond motifs is 1. The average molecular weight is 332 g/mol. The maximum absolute atomic E-state index is 13.5. The van der Waals surface area contributed by atoms with Crippen molar-refractivity contribution in [1.29, 1.82) is 0 Å². The topological polar surface area (TPSA) is 78.4 Å². The number of methoxy groups -OCH3 is 1. The third kappa shape index (κ3) is 3.29. The lowest BCUT2D eigenvalue weighted by Crippen LogP contribution is -2.11. The summed E-state index contributed by atoms with van der Waals surface area (Å²) in [5.74, 6) is 0.0661. The highest BCUT2D eigenvalue weighted by Gasteiger charge is 2.16. The molecular weight excluding hydrogens is 319 g/mol. The van der Waals surface area contributed by atoms with E-state index in [1.165, 1.54) is 17.8 Å². The van der Waals surface area contributed by atoms with E-state index in [9.17, 15) is 9.18 Å². The number of oxazole rings is 1. The first-order chi connectivity index (χ1) is 11.1. The van der Waals surface area contributed by atoms with Crippen LogP contribution in [0.5, 0.6) is 5.75 Å². The Morgan fingerprint density at radius 1 is 1.35 bits per heavy atom. The minimum absolute atomic E-state index is 0.0104. The highest BCUT2D eigenvalue weighted by atomic mass is 32.2. The number of ether oxygens (including phenoxy) is 1. The molecule has 1 heterocycles. The van der Waals surface area contributed by atoms with Gasteiger partial charge in [0.2, 0.25) is 0 Å². The average Bonchev–Trinajstić information content (AvgIpc) is 2.95. The smallest absolute Gasteiger partial charge is 0.257 e. The van der Waals surface area contributed by atoms with Crippen molar-refractivity contribution >= 4 is 28.8 Å². The number of hydrogen-bond donors (Lipinski definition) is 1. The van der Waals surface area contributed by atoms with Crippen LogP contribution in [0.1, 0.15) is 15.9 Å². The number of carbonyl (C=O) groups excluding carboxylic acids is 1. The van der Waals surface area contributed by atoms with Gasteiger partial charge in [0.25, 0.3) is 11.1 Å². The van der Waals surface area contributed by atoms with E-state index >= 15 is 0 Å². The number of nitrogens with zero attached hydrogens (tertiary/aromatic N) is 1. The molecule has 118 valence electrons. The van der Waals surface area contributed by atoms with E-state index in [1.807, 2.05) is 24.3 Å². The van der Waals surface area contributed by atoms with E-state index in [2.05, 4.69) is 4.98 Å². The SMILES string of the molecule is COc1ccc(CSc2nc3cc(F)cc(C(N)=O)c3o2)cc1. The number of thioether (sulfide) groups is 1. The molecule has 0 spiro atoms. The monoisotopic (exact) mass is 332 g/mol. The van der Waals surface area contributed by atoms with E-state index in [0.29, 0.717) is 11.0 Å². The van der Waals surface area contributed by atoms with E-state index in [4.69, 9.17) is 14.9 Å². The number of hydrogen-bond acceptors (Lipinski definition) is 5. The summed E-state index contributed by atoms with van der Waals surface area (Å²) < 4.78 is 24.1. The molecule has 0 radical (unpaired) electrons. The molecule has 0 bridgehead atoms. The van der Waals surface area contributed by atoms with Gasteiger partial charge >= 0.3 is 0 Å². The summed E-state index contributed by atoms with van der Waals surface area (Å²) in [6.07, 6.45) is 0. The third-order valence-electron chi connectivity index (χ3n) is 3.22. The number of aromatic nitrogens is 1. The third-order valence-corrected chi connectivity index (χ3v) is 4.12. The molecule has 0 atom stereocenters. The van der Waals surface area contributed by atoms with Gasteiger partial charge in [-0.2, -0.15) is 0 Å². The second-order valence-electron chi connectivity index (χ2n) is 4.78. The van der Waals surface area contributed by atoms with Crippen molar-refractivity contribution in [3.8, 4) is 5.75 Å². The minimum atomic E-state index is -0.752. The Hall–Kier alpha value is -2.54. The highest BCUT2D eigenvalue weighted by Crippen LogP contribution is 2.29. The summed E-state index contributed by atoms with van der Waals surface area (Å²) >= 11 is 1.35. The lowest BCUT2D eigenvalue weighted by molar-refractivity contribution is 0.100. The Kier molecular flexibility index (Phi) is 4.20. The first-order valence-corrected chi connectivity index (χ1v) is 7.71. The van der Waals surface area contributed by atoms with Gasteiger partial charge in [0.1, 0.15) is 17.1 Å². The summed E-state index contributed by atoms with van der Waals surface area (Å²) in [6, 6.07) is 9.85. The zero-order valence-electron chi connectivity index (χ0n) is 12.2. The Balaban J connectivity index is 1.83. The molecule has 2 N–H and O–H groups in total. The molecule has 23 heavy (non-hydrogen) atoms. The maximum atomic E-state index is 13.5. The van der Waals surface area contributed by atoms with Gasteiger partial charge in [0.15, 0.2) is 5.58 Å². The van der Waals surface area contributed by atoms with Crippen molar-refractivity contribution in [3.63, 3.8) is 0 Å². The summed E-state index contributed by atoms with van der Waals surface area (Å²) in [5, 5.41) is 0.351. The Labute approximate surface area is 135 Å². The Morgan fingerprint density at radius 3 is 2.74 bits per heavy atom. The van der Waals surface area contributed by atoms with Crippen LogP contribution in [0.15, 0.2) is 46.0 Å². The van der Waals surface area contributed by atoms with Gasteiger partial charge in [-0.1, -0.05) is 23.9 Å². The molecule has 0 fully saturated rings. The number of halogens is 1. The molecule has 5 nitrogen and oxygen atoms in total. The van der Waals surface area contributed by atoms with E-state index in [1.54, 1.807) is 7.11 Å². The second-order valence-corrected chi connectivity index (χ2v) is 5.71. The number of nitrogens with two attached hydrogens (primary N) is 1. The maximum Gasteiger partial charge on any atom is 0.257 e. The quantitative estimate of drug-likeness (QED) is 0.725. The van der Waals surface area contributed by atoms with Crippen LogP contribution in [0.3, 0.4) is 0 Å². The molecule has 0 unspecified atom stereocenters. The second kappa shape index (κ2) is 6.29. The largest absolute Gasteiger partial charge is 0.497 e. The molecule has 0 aliphatic rings. The molecule has 0 saturated carbocycles. The van der Waals surface area contributed by atoms with Crippen LogP contribution in [-0.4, -0.2) is 18.0 Å². The first-order valence-electron chi connectivity index (χ1n) is 6.72. The highest BCUT2D eigenvalue weighted by molar-refractivity contribution is 7.98. The van der Waals surface area contributed by atoms with E-state index in [0.717, 1.165) is 17.4 Å². The summed E-state index contributed by atoms with van der Waals surface area (Å²) in [5.41, 5.74) is 6.76. The number of benzene rings is 2. The van der Waals surface area contributed by atoms with Crippen LogP contribution < -0.4 is 10.5 Å². The Morgan fingerprint density at radius 2 is 2.09 bits per heavy atom. The molecule has 1 amide bonds. The van der Waals surface area contributed by atoms with Crippen molar-refractivity contribution < 1.29 is 18.3 Å². The summed E-state index contributed by atoms with van der Waals surface area (Å²) in [7, 11) is 1.61. The first kappa shape index (κ1) is 15.4. The molecule has 0 aliphatic carbocycles. The van der Waals surface area contributed by atoms with Crippen molar-refractivity contribution in [1.82, 2.24) is 4.98 Å². The van der Waals surface area contributed by atoms with Crippen molar-refractivity contribution in [2.75, 3.05) is 7.11 Å². The molecule has 3 rings (SSSR count). The fraction of sp³-hybridized carbons (Fsp3) is 0.125. The lowest BCUT2D eigenvalue weighted by Gasteiger charge is -2.01. The number of carbonyl (C=O) groups is 1. The Bertz CT molecular complexity index is 862. The van der Waals surface area contributed by atoms with Crippen LogP contribution in [0.25, 0.3) is 11.1 Å². The minimum Gasteiger partial charge on any atom is -0.497 e. The van der Waals surface area contributed by atoms with Gasteiger partial charge in [-0.05, 0) is 23.8 Å². The van der Waals surface area contributed by atoms with Gasteiger partial charge in [-0.15, -0.1) is 0 Å². The van der Waals surface area contributed by atoms with Crippen LogP contribution in [0.4, 0.5) is 4.39 Å². The standard InChI is InChI=1S/C16H13FN2O3S/c1-21-11-4-2-9(3-5-11)8-23-16-19-13-7-10(17)6-12(15(18)20)14(13)22-16/h2-7H,8H2,1H3,(H2,18,20). The lowest BCUT2D eigenvalue weighted by atomic mass is 10.2. The molecule has 1 aromatic heterocycles. The van der Waals surface area contributed by atoms with Gasteiger partial charge in [-0.25, -0.2) is 9.37 Å². The predicted octanol–water partition coefficient (Wildman–Crippen LogP) is 3.37. The molecule has 2 aromatic carbocycles. The number of amides is 1. The van der Waals surface area contributed by atoms with Crippen molar-refractivity contribution in [2.24, 2.45) is 5.73 Å². The molecule has 7 heteroatoms. The number of primary amides is 1. The van der Waals surface area contributed by atoms with E-state index < -0.39 is 11.7 Å². The van der Waals surface area contributed by atoms with Crippen molar-refractivity contribution in [2.45, 2.75) is 11.0 Å². The molecule has 3 aromatic rings. The van der Waals surface area contributed by atoms with Gasteiger partial charge in [0.05, 0.1) is 12.7 Å².